The Morgan fingerprint density at radius 1 is 0.562 bits per heavy atom. The first-order valence-corrected chi connectivity index (χ1v) is 14.4. The van der Waals surface area contributed by atoms with Crippen LogP contribution in [0.3, 0.4) is 0 Å². The Morgan fingerprint density at radius 2 is 1.06 bits per heavy atom. The first-order chi connectivity index (χ1) is 23.9. The largest absolute Gasteiger partial charge is 2.00 e. The van der Waals surface area contributed by atoms with Gasteiger partial charge in [-0.05, 0) is 35.9 Å². The van der Waals surface area contributed by atoms with Crippen LogP contribution in [0.15, 0.2) is 122 Å². The van der Waals surface area contributed by atoms with Crippen LogP contribution in [-0.4, -0.2) is 24.5 Å². The molecule has 0 atom stereocenters. The van der Waals surface area contributed by atoms with Crippen molar-refractivity contribution >= 4 is 21.8 Å². The van der Waals surface area contributed by atoms with Crippen molar-refractivity contribution in [2.75, 3.05) is 0 Å². The van der Waals surface area contributed by atoms with E-state index < -0.39 is 6.85 Å². The molecule has 0 spiro atoms. The number of benzene rings is 4. The summed E-state index contributed by atoms with van der Waals surface area (Å²) in [5.41, 5.74) is 4.38. The van der Waals surface area contributed by atoms with Gasteiger partial charge in [0.2, 0.25) is 5.95 Å². The quantitative estimate of drug-likeness (QED) is 0.118. The summed E-state index contributed by atoms with van der Waals surface area (Å²) < 4.78 is 37.6. The molecule has 0 fully saturated rings. The van der Waals surface area contributed by atoms with E-state index >= 15 is 0 Å². The second-order valence-electron chi connectivity index (χ2n) is 10.3. The zero-order valence-electron chi connectivity index (χ0n) is 27.7. The first-order valence-electron chi connectivity index (χ1n) is 15.9. The standard InChI is InChI=1S/C39H23N5O2.Pd.Pt/c1-26-24-42-39(43-25-26)44-37-22-31(45-29-10-6-8-27(20-29)35-12-2-4-18-40-35)14-16-33(37)34-17-15-32(23-38(34)44)46-30-11-7-9-28(21-30)36-13-3-5-19-41-36;;/h2-19,24-25H,1H3;;/q-4;2*+2/i1D3;;. The van der Waals surface area contributed by atoms with E-state index in [-0.39, 0.29) is 53.0 Å². The maximum Gasteiger partial charge on any atom is 2.00 e. The average Bonchev–Trinajstić information content (AvgIpc) is 3.45. The number of nitrogens with zero attached hydrogens (tertiary/aromatic N) is 5. The average molecular weight is 898 g/mol. The predicted molar refractivity (Wildman–Crippen MR) is 176 cm³/mol. The number of aryl methyl sites for hydroxylation is 1. The molecule has 0 amide bonds. The van der Waals surface area contributed by atoms with E-state index in [1.165, 1.54) is 12.4 Å². The van der Waals surface area contributed by atoms with Crippen molar-refractivity contribution in [1.29, 1.82) is 0 Å². The van der Waals surface area contributed by atoms with Gasteiger partial charge in [0, 0.05) is 51.9 Å². The minimum Gasteiger partial charge on any atom is -0.503 e. The minimum absolute atomic E-state index is 0. The molecule has 0 bridgehead atoms. The molecule has 0 N–H and O–H groups in total. The topological polar surface area (TPSA) is 75.0 Å². The number of pyridine rings is 2. The summed E-state index contributed by atoms with van der Waals surface area (Å²) in [4.78, 5) is 17.7. The summed E-state index contributed by atoms with van der Waals surface area (Å²) in [5, 5.41) is 1.67. The molecule has 8 aromatic rings. The number of rotatable bonds is 7. The van der Waals surface area contributed by atoms with Crippen LogP contribution in [0.1, 0.15) is 9.68 Å². The van der Waals surface area contributed by atoms with Gasteiger partial charge in [0.05, 0.1) is 0 Å². The first kappa shape index (κ1) is 29.2. The number of aromatic nitrogens is 5. The fraction of sp³-hybridized carbons (Fsp3) is 0.0256. The van der Waals surface area contributed by atoms with Gasteiger partial charge in [-0.15, -0.1) is 71.8 Å². The normalized spacial score (nSPS) is 11.9. The molecule has 0 aliphatic rings. The van der Waals surface area contributed by atoms with E-state index in [4.69, 9.17) is 13.6 Å². The maximum atomic E-state index is 7.78. The third kappa shape index (κ3) is 6.70. The van der Waals surface area contributed by atoms with E-state index in [1.807, 2.05) is 97.1 Å². The van der Waals surface area contributed by atoms with Crippen LogP contribution in [0.25, 0.3) is 50.3 Å². The monoisotopic (exact) mass is 897 g/mol. The van der Waals surface area contributed by atoms with E-state index in [9.17, 15) is 0 Å². The van der Waals surface area contributed by atoms with Crippen LogP contribution in [0, 0.1) is 31.1 Å². The summed E-state index contributed by atoms with van der Waals surface area (Å²) >= 11 is 0. The van der Waals surface area contributed by atoms with Gasteiger partial charge in [0.25, 0.3) is 0 Å². The van der Waals surface area contributed by atoms with Gasteiger partial charge < -0.3 is 24.0 Å². The Morgan fingerprint density at radius 3 is 1.52 bits per heavy atom. The van der Waals surface area contributed by atoms with Crippen molar-refractivity contribution in [1.82, 2.24) is 24.5 Å². The maximum absolute atomic E-state index is 7.78. The molecule has 7 nitrogen and oxygen atoms in total. The van der Waals surface area contributed by atoms with Crippen LogP contribution in [0.4, 0.5) is 0 Å². The summed E-state index contributed by atoms with van der Waals surface area (Å²) in [6.45, 7) is -2.35. The predicted octanol–water partition coefficient (Wildman–Crippen LogP) is 8.79. The van der Waals surface area contributed by atoms with Crippen molar-refractivity contribution in [2.24, 2.45) is 0 Å². The van der Waals surface area contributed by atoms with Gasteiger partial charge in [-0.2, -0.15) is 22.9 Å². The summed E-state index contributed by atoms with van der Waals surface area (Å²) in [5.74, 6) is 2.09. The molecule has 236 valence electrons. The number of ether oxygens (including phenoxy) is 2. The Labute approximate surface area is 309 Å². The number of hydrogen-bond donors (Lipinski definition) is 0. The summed E-state index contributed by atoms with van der Waals surface area (Å²) in [6.07, 6.45) is 6.08. The molecule has 4 aromatic heterocycles. The van der Waals surface area contributed by atoms with Gasteiger partial charge >= 0.3 is 41.5 Å². The van der Waals surface area contributed by atoms with Crippen LogP contribution in [-0.2, 0) is 41.5 Å². The molecular formula is C39H23N5O2PdPt. The van der Waals surface area contributed by atoms with Crippen LogP contribution >= 0.6 is 0 Å². The fourth-order valence-corrected chi connectivity index (χ4v) is 5.18. The zero-order valence-corrected chi connectivity index (χ0v) is 28.6. The molecule has 9 heteroatoms. The third-order valence-electron chi connectivity index (χ3n) is 7.23. The van der Waals surface area contributed by atoms with Gasteiger partial charge in [-0.3, -0.25) is 0 Å². The fourth-order valence-electron chi connectivity index (χ4n) is 5.18. The van der Waals surface area contributed by atoms with Gasteiger partial charge in [0.15, 0.2) is 0 Å². The van der Waals surface area contributed by atoms with Gasteiger partial charge in [0.1, 0.15) is 0 Å². The van der Waals surface area contributed by atoms with Crippen molar-refractivity contribution in [3.05, 3.63) is 152 Å². The number of hydrogen-bond acceptors (Lipinski definition) is 6. The van der Waals surface area contributed by atoms with E-state index in [0.29, 0.717) is 34.0 Å². The Bertz CT molecular complexity index is 2300. The van der Waals surface area contributed by atoms with E-state index in [1.54, 1.807) is 17.0 Å². The molecule has 0 radical (unpaired) electrons. The molecule has 0 aliphatic heterocycles. The molecule has 0 aliphatic carbocycles. The second-order valence-corrected chi connectivity index (χ2v) is 10.3. The summed E-state index contributed by atoms with van der Waals surface area (Å²) in [7, 11) is 0. The van der Waals surface area contributed by atoms with Crippen molar-refractivity contribution in [2.45, 2.75) is 6.85 Å². The smallest absolute Gasteiger partial charge is 0.503 e. The van der Waals surface area contributed by atoms with Gasteiger partial charge in [-0.25, -0.2) is 9.97 Å². The SMILES string of the molecule is [2H]C([2H])([2H])c1cnc(-n2c3[c-]c(Oc4[c-]c(-c5ccccn5)ccc4)ccc3c3ccc(Oc4[c-]c(-c5ccccn5)ccc4)[c-]c32)nc1.[Pd+2].[Pt+2]. The Kier molecular flexibility index (Phi) is 8.76. The van der Waals surface area contributed by atoms with Crippen LogP contribution < -0.4 is 9.47 Å². The molecule has 0 saturated heterocycles. The van der Waals surface area contributed by atoms with Crippen molar-refractivity contribution in [3.8, 4) is 51.5 Å². The van der Waals surface area contributed by atoms with Crippen LogP contribution in [0.2, 0.25) is 0 Å². The molecule has 48 heavy (non-hydrogen) atoms. The summed E-state index contributed by atoms with van der Waals surface area (Å²) in [6, 6.07) is 43.4. The Hall–Kier alpha value is -4.99. The molecule has 4 aromatic carbocycles. The molecule has 8 rings (SSSR count). The molecule has 0 unspecified atom stereocenters. The molecule has 0 saturated carbocycles. The second kappa shape index (κ2) is 14.4. The molecular weight excluding hydrogens is 872 g/mol. The minimum atomic E-state index is -2.35. The Balaban J connectivity index is 0.00000224. The van der Waals surface area contributed by atoms with Gasteiger partial charge in [-0.1, -0.05) is 47.4 Å². The van der Waals surface area contributed by atoms with Crippen LogP contribution in [0.5, 0.6) is 23.0 Å². The zero-order chi connectivity index (χ0) is 33.4. The number of fused-ring (bicyclic) bond motifs is 3. The van der Waals surface area contributed by atoms with E-state index in [0.717, 1.165) is 33.3 Å². The van der Waals surface area contributed by atoms with E-state index in [2.05, 4.69) is 44.2 Å². The van der Waals surface area contributed by atoms with Crippen molar-refractivity contribution < 1.29 is 55.1 Å². The van der Waals surface area contributed by atoms with Crippen molar-refractivity contribution in [3.63, 3.8) is 0 Å². The third-order valence-corrected chi connectivity index (χ3v) is 7.23. The molecule has 4 heterocycles.